The zero-order chi connectivity index (χ0) is 60.8. The fourth-order valence-electron chi connectivity index (χ4n) is 10.8. The summed E-state index contributed by atoms with van der Waals surface area (Å²) in [4.78, 5) is 43.6. The monoisotopic (exact) mass is 1240 g/mol. The first-order chi connectivity index (χ1) is 40.0. The highest BCUT2D eigenvalue weighted by atomic mass is 35.5. The normalized spacial score (nSPS) is 27.9. The van der Waals surface area contributed by atoms with E-state index in [4.69, 9.17) is 101 Å². The number of aromatic nitrogens is 12. The molecule has 0 saturated carbocycles. The number of ether oxygens (including phenoxy) is 4. The Kier molecular flexibility index (Phi) is 17.9. The first-order valence-electron chi connectivity index (χ1n) is 26.1. The van der Waals surface area contributed by atoms with Crippen LogP contribution >= 0.6 is 46.4 Å². The standard InChI is InChI=1S/C14H15ClN4O2.C13H17ClN4O3.C13H15ClN4O3.C13H13ClN4O3/c1-3-14(7-20)8(2)6-10(21-14)19-5-4-9-11(16)17-13(15)18-12(9)19;2*1-7-4-9(21-13(7,5-19)6-20)18-3-2-8-10(15)16-12(14)17-11(8)18;1-2-13(6-19)8(20)5-9(21-13)18-4-3-7-10(15)16-12(14)17-11(7)18/h1,4-5,8,10,20H,6-7H2,2H3,(H2,16,17,18);2-3,7,9,19-20H,4-6H2,1H3,(H2,15,16,17);2-3,5,7,9,20H,4,6H2,1H3,(H2,15,16,17);1,3-4,8-9,19-20H,5-6H2,(H2,15,16,17)/t8-,10+,14+;7-,9+;7-,9+,13+;8-,9+,13+/m0000/s1. The molecule has 0 unspecified atom stereocenters. The number of nitrogens with zero attached hydrogens (tertiary/aromatic N) is 12. The maximum atomic E-state index is 11.3. The predicted octanol–water partition coefficient (Wildman–Crippen LogP) is 3.99. The van der Waals surface area contributed by atoms with Crippen LogP contribution < -0.4 is 22.9 Å². The van der Waals surface area contributed by atoms with Gasteiger partial charge in [-0.3, -0.25) is 0 Å². The highest BCUT2D eigenvalue weighted by Crippen LogP contribution is 2.45. The molecule has 0 amide bonds. The minimum Gasteiger partial charge on any atom is -0.393 e. The quantitative estimate of drug-likeness (QED) is 0.0525. The van der Waals surface area contributed by atoms with Crippen molar-refractivity contribution in [1.29, 1.82) is 0 Å². The molecule has 4 saturated heterocycles. The number of aliphatic hydroxyl groups is 6. The number of rotatable bonds is 10. The summed E-state index contributed by atoms with van der Waals surface area (Å²) < 4.78 is 30.4. The molecule has 0 radical (unpaired) electrons. The lowest BCUT2D eigenvalue weighted by Crippen LogP contribution is -2.42. The van der Waals surface area contributed by atoms with Gasteiger partial charge in [0, 0.05) is 37.1 Å². The van der Waals surface area contributed by atoms with Crippen molar-refractivity contribution in [3.8, 4) is 24.7 Å². The number of halogens is 4. The van der Waals surface area contributed by atoms with Crippen molar-refractivity contribution < 1.29 is 54.4 Å². The fraction of sp³-hybridized carbons (Fsp3) is 0.453. The van der Waals surface area contributed by atoms with E-state index in [2.05, 4.69) is 51.7 Å². The number of carbonyl (C=O) groups excluding carboxylic acids is 1. The summed E-state index contributed by atoms with van der Waals surface area (Å²) in [5, 5.41) is 60.5. The molecule has 84 heavy (non-hydrogen) atoms. The lowest BCUT2D eigenvalue weighted by molar-refractivity contribution is -0.144. The second-order valence-corrected chi connectivity index (χ2v) is 22.2. The first kappa shape index (κ1) is 61.8. The van der Waals surface area contributed by atoms with Crippen LogP contribution in [0.1, 0.15) is 71.4 Å². The van der Waals surface area contributed by atoms with Gasteiger partial charge in [-0.25, -0.2) is 19.9 Å². The van der Waals surface area contributed by atoms with Crippen molar-refractivity contribution in [3.05, 3.63) is 70.2 Å². The van der Waals surface area contributed by atoms with Crippen LogP contribution in [-0.2, 0) is 23.7 Å². The molecule has 27 nitrogen and oxygen atoms in total. The molecule has 11 atom stereocenters. The molecule has 4 aliphatic rings. The molecule has 12 rings (SSSR count). The zero-order valence-corrected chi connectivity index (χ0v) is 48.3. The van der Waals surface area contributed by atoms with Crippen LogP contribution in [0, 0.1) is 42.4 Å². The summed E-state index contributed by atoms with van der Waals surface area (Å²) in [6.07, 6.45) is 18.1. The molecular formula is C53H60Cl4N16O11. The number of aldehydes is 1. The molecule has 8 aromatic heterocycles. The molecule has 31 heteroatoms. The second kappa shape index (κ2) is 24.3. The lowest BCUT2D eigenvalue weighted by atomic mass is 9.90. The van der Waals surface area contributed by atoms with Crippen molar-refractivity contribution >= 4 is 120 Å². The van der Waals surface area contributed by atoms with Gasteiger partial charge >= 0.3 is 0 Å². The van der Waals surface area contributed by atoms with Gasteiger partial charge < -0.3 is 95.6 Å². The topological polar surface area (TPSA) is 402 Å². The van der Waals surface area contributed by atoms with Crippen molar-refractivity contribution in [2.45, 2.75) is 99.9 Å². The van der Waals surface area contributed by atoms with E-state index in [9.17, 15) is 35.4 Å². The molecule has 0 bridgehead atoms. The first-order valence-corrected chi connectivity index (χ1v) is 27.6. The largest absolute Gasteiger partial charge is 0.393 e. The molecule has 0 aliphatic carbocycles. The number of nitrogens with two attached hydrogens (primary N) is 4. The van der Waals surface area contributed by atoms with Crippen molar-refractivity contribution in [2.75, 3.05) is 56.0 Å². The number of terminal acetylenes is 2. The molecule has 12 heterocycles. The van der Waals surface area contributed by atoms with E-state index in [1.807, 2.05) is 42.2 Å². The van der Waals surface area contributed by atoms with Crippen LogP contribution in [0.25, 0.3) is 44.1 Å². The minimum absolute atomic E-state index is 0.00426. The third kappa shape index (κ3) is 11.1. The Morgan fingerprint density at radius 3 is 1.14 bits per heavy atom. The van der Waals surface area contributed by atoms with E-state index < -0.39 is 47.6 Å². The number of aliphatic hydroxyl groups excluding tert-OH is 6. The molecular weight excluding hydrogens is 1180 g/mol. The van der Waals surface area contributed by atoms with Crippen LogP contribution in [0.3, 0.4) is 0 Å². The average Bonchev–Trinajstić information content (AvgIpc) is 2.27. The maximum absolute atomic E-state index is 11.3. The van der Waals surface area contributed by atoms with Gasteiger partial charge in [-0.2, -0.15) is 19.9 Å². The van der Waals surface area contributed by atoms with E-state index in [1.165, 1.54) is 0 Å². The van der Waals surface area contributed by atoms with Crippen LogP contribution in [-0.4, -0.2) is 157 Å². The summed E-state index contributed by atoms with van der Waals surface area (Å²) in [6, 6.07) is 7.11. The number of hydrogen-bond acceptors (Lipinski definition) is 23. The number of nitrogen functional groups attached to an aromatic ring is 4. The second-order valence-electron chi connectivity index (χ2n) is 20.8. The number of hydrogen-bond donors (Lipinski definition) is 10. The Labute approximate surface area is 498 Å². The van der Waals surface area contributed by atoms with E-state index in [0.29, 0.717) is 87.1 Å². The molecule has 446 valence electrons. The van der Waals surface area contributed by atoms with Gasteiger partial charge in [0.05, 0.1) is 54.6 Å². The van der Waals surface area contributed by atoms with Gasteiger partial charge in [-0.05, 0) is 102 Å². The predicted molar refractivity (Wildman–Crippen MR) is 310 cm³/mol. The number of anilines is 4. The summed E-state index contributed by atoms with van der Waals surface area (Å²) in [5.74, 6) is 5.98. The number of fused-ring (bicyclic) bond motifs is 4. The van der Waals surface area contributed by atoms with Crippen molar-refractivity contribution in [1.82, 2.24) is 58.1 Å². The highest BCUT2D eigenvalue weighted by molar-refractivity contribution is 6.29. The summed E-state index contributed by atoms with van der Waals surface area (Å²) in [7, 11) is 0. The van der Waals surface area contributed by atoms with Crippen molar-refractivity contribution in [2.24, 2.45) is 17.8 Å². The molecule has 8 aromatic rings. The summed E-state index contributed by atoms with van der Waals surface area (Å²) >= 11 is 23.4. The van der Waals surface area contributed by atoms with Gasteiger partial charge in [0.15, 0.2) is 23.1 Å². The van der Waals surface area contributed by atoms with Gasteiger partial charge in [0.25, 0.3) is 0 Å². The Morgan fingerprint density at radius 2 is 0.845 bits per heavy atom. The Bertz CT molecular complexity index is 3700. The van der Waals surface area contributed by atoms with Gasteiger partial charge in [-0.15, -0.1) is 12.8 Å². The Balaban J connectivity index is 0.000000134. The minimum atomic E-state index is -1.41. The molecule has 0 spiro atoms. The summed E-state index contributed by atoms with van der Waals surface area (Å²) in [6.45, 7) is 4.23. The molecule has 4 aliphatic heterocycles. The van der Waals surface area contributed by atoms with Crippen LogP contribution in [0.2, 0.25) is 21.1 Å². The summed E-state index contributed by atoms with van der Waals surface area (Å²) in [5.41, 5.74) is 21.0. The van der Waals surface area contributed by atoms with E-state index in [-0.39, 0.29) is 90.0 Å². The average molecular weight is 1240 g/mol. The van der Waals surface area contributed by atoms with Crippen molar-refractivity contribution in [3.63, 3.8) is 0 Å². The molecule has 14 N–H and O–H groups in total. The maximum Gasteiger partial charge on any atom is 0.226 e. The SMILES string of the molecule is C#C[C@]1(CO)O[C@@H](n2ccc3c(N)nc(Cl)nc32)C[C@@H]1C.C#C[C@]1(CO)O[C@@H](n2ccc3c(N)nc(Cl)nc32)C[C@@H]1O.C[C@H]1C[C@H](n2ccc3c(N)nc(Cl)nc32)OC1(CO)CO.C[C@H]1C[C@H](n2ccc3c(N)nc(Cl)nc32)O[C@]1(C=O)CO. The van der Waals surface area contributed by atoms with Crippen LogP contribution in [0.15, 0.2) is 49.1 Å². The van der Waals surface area contributed by atoms with Gasteiger partial charge in [0.1, 0.15) is 82.5 Å². The Hall–Kier alpha value is -6.77. The van der Waals surface area contributed by atoms with Crippen LogP contribution in [0.5, 0.6) is 0 Å². The number of carbonyl (C=O) groups is 1. The lowest BCUT2D eigenvalue weighted by Gasteiger charge is -2.28. The fourth-order valence-corrected chi connectivity index (χ4v) is 11.5. The van der Waals surface area contributed by atoms with Gasteiger partial charge in [0.2, 0.25) is 21.1 Å². The van der Waals surface area contributed by atoms with E-state index >= 15 is 0 Å². The molecule has 4 fully saturated rings. The zero-order valence-electron chi connectivity index (χ0n) is 45.2. The third-order valence-corrected chi connectivity index (χ3v) is 16.7. The smallest absolute Gasteiger partial charge is 0.226 e. The molecule has 0 aromatic carbocycles. The van der Waals surface area contributed by atoms with E-state index in [1.54, 1.807) is 45.9 Å². The Morgan fingerprint density at radius 1 is 0.512 bits per heavy atom. The third-order valence-electron chi connectivity index (χ3n) is 16.1. The van der Waals surface area contributed by atoms with Crippen LogP contribution in [0.4, 0.5) is 23.3 Å². The highest BCUT2D eigenvalue weighted by Gasteiger charge is 2.50. The van der Waals surface area contributed by atoms with E-state index in [0.717, 1.165) is 0 Å². The van der Waals surface area contributed by atoms with Gasteiger partial charge in [-0.1, -0.05) is 32.6 Å².